The third-order valence-electron chi connectivity index (χ3n) is 7.53. The number of aliphatic hydroxyl groups excluding tert-OH is 6. The van der Waals surface area contributed by atoms with Crippen LogP contribution >= 0.6 is 0 Å². The van der Waals surface area contributed by atoms with Crippen molar-refractivity contribution in [3.05, 3.63) is 40.6 Å². The summed E-state index contributed by atoms with van der Waals surface area (Å²) in [5.41, 5.74) is -1.24. The van der Waals surface area contributed by atoms with Gasteiger partial charge in [0.15, 0.2) is 29.5 Å². The number of methoxy groups -OCH3 is 1. The summed E-state index contributed by atoms with van der Waals surface area (Å²) in [5, 5.41) is 92.3. The van der Waals surface area contributed by atoms with Crippen molar-refractivity contribution in [1.82, 2.24) is 0 Å². The maximum Gasteiger partial charge on any atom is 0.239 e. The van der Waals surface area contributed by atoms with E-state index in [2.05, 4.69) is 0 Å². The Morgan fingerprint density at radius 1 is 0.818 bits per heavy atom. The Bertz CT molecular complexity index is 1540. The van der Waals surface area contributed by atoms with Gasteiger partial charge in [0, 0.05) is 11.6 Å². The minimum absolute atomic E-state index is 0.133. The second kappa shape index (κ2) is 12.4. The molecule has 240 valence electrons. The van der Waals surface area contributed by atoms with E-state index in [1.807, 2.05) is 0 Å². The fourth-order valence-electron chi connectivity index (χ4n) is 5.10. The highest BCUT2D eigenvalue weighted by molar-refractivity contribution is 5.93. The van der Waals surface area contributed by atoms with Gasteiger partial charge in [0.05, 0.1) is 19.8 Å². The van der Waals surface area contributed by atoms with Crippen LogP contribution in [0.1, 0.15) is 6.92 Å². The van der Waals surface area contributed by atoms with Crippen LogP contribution in [0.5, 0.6) is 28.7 Å². The molecule has 5 rings (SSSR count). The van der Waals surface area contributed by atoms with Crippen molar-refractivity contribution in [2.24, 2.45) is 0 Å². The molecule has 0 saturated carbocycles. The Balaban J connectivity index is 1.64. The lowest BCUT2D eigenvalue weighted by Crippen LogP contribution is -2.64. The van der Waals surface area contributed by atoms with E-state index in [1.165, 1.54) is 38.3 Å². The average molecular weight is 625 g/mol. The number of phenolic OH excluding ortho intramolecular Hbond substituents is 3. The lowest BCUT2D eigenvalue weighted by Gasteiger charge is -2.45. The second-order valence-corrected chi connectivity index (χ2v) is 10.4. The number of hydrogen-bond acceptors (Lipinski definition) is 16. The highest BCUT2D eigenvalue weighted by Crippen LogP contribution is 2.43. The summed E-state index contributed by atoms with van der Waals surface area (Å²) in [4.78, 5) is 13.9. The summed E-state index contributed by atoms with van der Waals surface area (Å²) in [6.07, 6.45) is -16.5. The van der Waals surface area contributed by atoms with Gasteiger partial charge in [0.25, 0.3) is 0 Å². The highest BCUT2D eigenvalue weighted by atomic mass is 16.8. The van der Waals surface area contributed by atoms with Gasteiger partial charge in [-0.3, -0.25) is 4.79 Å². The molecule has 0 bridgehead atoms. The van der Waals surface area contributed by atoms with Crippen LogP contribution in [0, 0.1) is 0 Å². The fraction of sp³-hybridized carbons (Fsp3) is 0.464. The van der Waals surface area contributed by atoms with Gasteiger partial charge in [0.1, 0.15) is 53.5 Å². The molecule has 0 aliphatic carbocycles. The van der Waals surface area contributed by atoms with E-state index in [9.17, 15) is 50.8 Å². The molecular formula is C28H32O16. The molecule has 0 radical (unpaired) electrons. The van der Waals surface area contributed by atoms with Crippen LogP contribution < -0.4 is 14.9 Å². The molecule has 16 nitrogen and oxygen atoms in total. The Labute approximate surface area is 248 Å². The minimum Gasteiger partial charge on any atom is -0.508 e. The summed E-state index contributed by atoms with van der Waals surface area (Å²) in [6, 6.07) is 6.09. The molecule has 0 amide bonds. The number of fused-ring (bicyclic) bond motifs is 1. The van der Waals surface area contributed by atoms with Gasteiger partial charge in [-0.15, -0.1) is 0 Å². The van der Waals surface area contributed by atoms with Crippen LogP contribution in [0.25, 0.3) is 22.3 Å². The average Bonchev–Trinajstić information content (AvgIpc) is 2.99. The number of rotatable bonds is 7. The quantitative estimate of drug-likeness (QED) is 0.147. The monoisotopic (exact) mass is 624 g/mol. The lowest BCUT2D eigenvalue weighted by atomic mass is 9.97. The maximum atomic E-state index is 13.9. The molecule has 10 atom stereocenters. The zero-order chi connectivity index (χ0) is 32.0. The van der Waals surface area contributed by atoms with Crippen molar-refractivity contribution in [2.75, 3.05) is 13.7 Å². The standard InChI is InChI=1S/C28H32O16/c1-9-16(33)19(36)21(38)27(40-9)44-26-20(37)17(34)14(8-29)41-28(26)43-25-18(35)15-12(31)7-13(32)23(39-2)24(15)42-22(25)10-3-5-11(30)6-4-10/h3-7,9,14,16-17,19-21,26-34,36-38H,8H2,1-2H3/t9-,14+,16-,17+,19+,20-,21+,26+,27+,28-/m0/s1. The van der Waals surface area contributed by atoms with Crippen molar-refractivity contribution >= 4 is 11.0 Å². The van der Waals surface area contributed by atoms with Crippen LogP contribution in [0.15, 0.2) is 39.5 Å². The van der Waals surface area contributed by atoms with Crippen LogP contribution in [0.4, 0.5) is 0 Å². The minimum atomic E-state index is -1.89. The van der Waals surface area contributed by atoms with E-state index in [-0.39, 0.29) is 28.4 Å². The number of aromatic hydroxyl groups is 3. The number of hydrogen-bond donors (Lipinski definition) is 9. The van der Waals surface area contributed by atoms with Crippen molar-refractivity contribution in [2.45, 2.75) is 68.3 Å². The molecule has 9 N–H and O–H groups in total. The van der Waals surface area contributed by atoms with E-state index in [0.717, 1.165) is 6.07 Å². The van der Waals surface area contributed by atoms with Crippen LogP contribution in [0.3, 0.4) is 0 Å². The van der Waals surface area contributed by atoms with Gasteiger partial charge in [0.2, 0.25) is 23.2 Å². The van der Waals surface area contributed by atoms with Gasteiger partial charge in [-0.25, -0.2) is 0 Å². The largest absolute Gasteiger partial charge is 0.508 e. The van der Waals surface area contributed by atoms with Gasteiger partial charge in [-0.05, 0) is 31.2 Å². The number of ether oxygens (including phenoxy) is 5. The van der Waals surface area contributed by atoms with E-state index < -0.39 is 96.1 Å². The molecule has 2 aromatic carbocycles. The van der Waals surface area contributed by atoms with E-state index in [4.69, 9.17) is 28.1 Å². The topological polar surface area (TPSA) is 258 Å². The molecule has 0 spiro atoms. The Morgan fingerprint density at radius 3 is 2.14 bits per heavy atom. The van der Waals surface area contributed by atoms with Gasteiger partial charge in [-0.1, -0.05) is 0 Å². The van der Waals surface area contributed by atoms with Crippen LogP contribution in [-0.2, 0) is 14.2 Å². The number of benzene rings is 2. The molecule has 1 aromatic heterocycles. The number of aliphatic hydroxyl groups is 6. The molecule has 3 aromatic rings. The van der Waals surface area contributed by atoms with Gasteiger partial charge < -0.3 is 74.1 Å². The summed E-state index contributed by atoms with van der Waals surface area (Å²) < 4.78 is 33.8. The molecule has 2 saturated heterocycles. The summed E-state index contributed by atoms with van der Waals surface area (Å²) in [5.74, 6) is -2.66. The molecule has 16 heteroatoms. The maximum absolute atomic E-state index is 13.9. The molecule has 0 unspecified atom stereocenters. The Kier molecular flexibility index (Phi) is 8.90. The zero-order valence-corrected chi connectivity index (χ0v) is 23.3. The van der Waals surface area contributed by atoms with E-state index >= 15 is 0 Å². The number of phenols is 3. The van der Waals surface area contributed by atoms with Crippen molar-refractivity contribution in [3.63, 3.8) is 0 Å². The smallest absolute Gasteiger partial charge is 0.239 e. The summed E-state index contributed by atoms with van der Waals surface area (Å²) in [7, 11) is 1.19. The predicted octanol–water partition coefficient (Wildman–Crippen LogP) is -1.38. The third-order valence-corrected chi connectivity index (χ3v) is 7.53. The first-order valence-corrected chi connectivity index (χ1v) is 13.4. The van der Waals surface area contributed by atoms with Crippen molar-refractivity contribution in [3.8, 4) is 40.1 Å². The fourth-order valence-corrected chi connectivity index (χ4v) is 5.10. The first-order valence-electron chi connectivity index (χ1n) is 13.4. The SMILES string of the molecule is COc1c(O)cc(O)c2c(=O)c(O[C@@H]3O[C@H](CO)[C@@H](O)[C@H](O)[C@H]3O[C@H]3O[C@@H](C)[C@H](O)[C@@H](O)[C@H]3O)c(-c3ccc(O)cc3)oc12. The highest BCUT2D eigenvalue weighted by Gasteiger charge is 2.51. The Morgan fingerprint density at radius 2 is 1.50 bits per heavy atom. The van der Waals surface area contributed by atoms with E-state index in [1.54, 1.807) is 0 Å². The molecular weight excluding hydrogens is 592 g/mol. The second-order valence-electron chi connectivity index (χ2n) is 10.4. The van der Waals surface area contributed by atoms with Gasteiger partial charge in [-0.2, -0.15) is 0 Å². The first-order chi connectivity index (χ1) is 20.9. The summed E-state index contributed by atoms with van der Waals surface area (Å²) >= 11 is 0. The van der Waals surface area contributed by atoms with Crippen molar-refractivity contribution < 1.29 is 74.1 Å². The normalized spacial score (nSPS) is 32.5. The van der Waals surface area contributed by atoms with E-state index in [0.29, 0.717) is 0 Å². The molecule has 2 fully saturated rings. The zero-order valence-electron chi connectivity index (χ0n) is 23.3. The molecule has 3 heterocycles. The Hall–Kier alpha value is -3.71. The third kappa shape index (κ3) is 5.51. The molecule has 44 heavy (non-hydrogen) atoms. The molecule has 2 aliphatic rings. The predicted molar refractivity (Wildman–Crippen MR) is 145 cm³/mol. The first kappa shape index (κ1) is 31.7. The van der Waals surface area contributed by atoms with Crippen molar-refractivity contribution in [1.29, 1.82) is 0 Å². The van der Waals surface area contributed by atoms with Crippen LogP contribution in [-0.4, -0.2) is 121 Å². The summed E-state index contributed by atoms with van der Waals surface area (Å²) in [6.45, 7) is 0.570. The lowest BCUT2D eigenvalue weighted by molar-refractivity contribution is -0.354. The van der Waals surface area contributed by atoms with Crippen LogP contribution in [0.2, 0.25) is 0 Å². The van der Waals surface area contributed by atoms with Gasteiger partial charge >= 0.3 is 0 Å². The molecule has 2 aliphatic heterocycles.